The number of terminal acetylenes is 1. The Morgan fingerprint density at radius 2 is 1.92 bits per heavy atom. The molecule has 0 aliphatic carbocycles. The smallest absolute Gasteiger partial charge is 0.241 e. The Kier molecular flexibility index (Phi) is 6.47. The first-order valence-electron chi connectivity index (χ1n) is 8.20. The van der Waals surface area contributed by atoms with E-state index in [1.54, 1.807) is 4.90 Å². The lowest BCUT2D eigenvalue weighted by Crippen LogP contribution is -2.31. The van der Waals surface area contributed by atoms with Crippen LogP contribution in [0.15, 0.2) is 42.5 Å². The number of aryl methyl sites for hydroxylation is 2. The molecule has 0 unspecified atom stereocenters. The van der Waals surface area contributed by atoms with Gasteiger partial charge in [-0.05, 0) is 43.2 Å². The standard InChI is InChI=1S/C21H24N2O2/c1-5-12-25-20-11-10-19(13-17(20)3)22-14-21(24)23(4)15-18-8-6-16(2)7-9-18/h1,6-11,13,22H,12,14-15H2,2-4H3. The van der Waals surface area contributed by atoms with Gasteiger partial charge in [0.1, 0.15) is 12.4 Å². The molecule has 0 atom stereocenters. The van der Waals surface area contributed by atoms with Crippen molar-refractivity contribution in [2.24, 2.45) is 0 Å². The van der Waals surface area contributed by atoms with E-state index in [0.717, 1.165) is 22.6 Å². The zero-order valence-corrected chi connectivity index (χ0v) is 15.0. The van der Waals surface area contributed by atoms with Crippen LogP contribution in [0.5, 0.6) is 5.75 Å². The highest BCUT2D eigenvalue weighted by molar-refractivity contribution is 5.80. The molecule has 0 heterocycles. The molecule has 2 rings (SSSR count). The molecule has 2 aromatic rings. The van der Waals surface area contributed by atoms with E-state index in [1.807, 2.05) is 51.2 Å². The van der Waals surface area contributed by atoms with Crippen LogP contribution in [-0.2, 0) is 11.3 Å². The number of likely N-dealkylation sites (N-methyl/N-ethyl adjacent to an activating group) is 1. The lowest BCUT2D eigenvalue weighted by molar-refractivity contribution is -0.128. The highest BCUT2D eigenvalue weighted by Crippen LogP contribution is 2.21. The maximum atomic E-state index is 12.3. The molecule has 4 nitrogen and oxygen atoms in total. The molecule has 130 valence electrons. The quantitative estimate of drug-likeness (QED) is 0.788. The summed E-state index contributed by atoms with van der Waals surface area (Å²) in [6.07, 6.45) is 5.20. The number of anilines is 1. The Labute approximate surface area is 149 Å². The summed E-state index contributed by atoms with van der Waals surface area (Å²) in [4.78, 5) is 14.0. The van der Waals surface area contributed by atoms with E-state index in [2.05, 4.69) is 23.4 Å². The van der Waals surface area contributed by atoms with Crippen molar-refractivity contribution in [1.29, 1.82) is 0 Å². The molecule has 1 amide bonds. The first kappa shape index (κ1) is 18.4. The summed E-state index contributed by atoms with van der Waals surface area (Å²) < 4.78 is 5.44. The normalized spacial score (nSPS) is 10.0. The molecule has 4 heteroatoms. The van der Waals surface area contributed by atoms with Crippen LogP contribution < -0.4 is 10.1 Å². The van der Waals surface area contributed by atoms with Crippen molar-refractivity contribution in [2.45, 2.75) is 20.4 Å². The highest BCUT2D eigenvalue weighted by Gasteiger charge is 2.09. The average Bonchev–Trinajstić information content (AvgIpc) is 2.60. The Morgan fingerprint density at radius 3 is 2.56 bits per heavy atom. The fraction of sp³-hybridized carbons (Fsp3) is 0.286. The van der Waals surface area contributed by atoms with Crippen molar-refractivity contribution in [1.82, 2.24) is 4.90 Å². The number of carbonyl (C=O) groups is 1. The molecular weight excluding hydrogens is 312 g/mol. The second-order valence-electron chi connectivity index (χ2n) is 6.06. The number of benzene rings is 2. The lowest BCUT2D eigenvalue weighted by Gasteiger charge is -2.18. The molecule has 0 saturated heterocycles. The van der Waals surface area contributed by atoms with Gasteiger partial charge in [-0.25, -0.2) is 0 Å². The number of hydrogen-bond donors (Lipinski definition) is 1. The minimum absolute atomic E-state index is 0.0332. The number of amides is 1. The molecule has 1 N–H and O–H groups in total. The number of nitrogens with zero attached hydrogens (tertiary/aromatic N) is 1. The van der Waals surface area contributed by atoms with Gasteiger partial charge in [0.2, 0.25) is 5.91 Å². The fourth-order valence-electron chi connectivity index (χ4n) is 2.41. The molecule has 0 spiro atoms. The Morgan fingerprint density at radius 1 is 1.20 bits per heavy atom. The predicted molar refractivity (Wildman–Crippen MR) is 102 cm³/mol. The van der Waals surface area contributed by atoms with Crippen LogP contribution in [0.4, 0.5) is 5.69 Å². The molecule has 0 bridgehead atoms. The zero-order chi connectivity index (χ0) is 18.2. The topological polar surface area (TPSA) is 41.6 Å². The summed E-state index contributed by atoms with van der Waals surface area (Å²) in [6, 6.07) is 13.9. The minimum atomic E-state index is 0.0332. The van der Waals surface area contributed by atoms with Crippen molar-refractivity contribution in [3.8, 4) is 18.1 Å². The van der Waals surface area contributed by atoms with Crippen molar-refractivity contribution in [2.75, 3.05) is 25.5 Å². The van der Waals surface area contributed by atoms with Crippen molar-refractivity contribution in [3.63, 3.8) is 0 Å². The molecule has 0 fully saturated rings. The van der Waals surface area contributed by atoms with Gasteiger partial charge in [-0.3, -0.25) is 4.79 Å². The largest absolute Gasteiger partial charge is 0.481 e. The van der Waals surface area contributed by atoms with Gasteiger partial charge in [-0.15, -0.1) is 6.42 Å². The van der Waals surface area contributed by atoms with Gasteiger partial charge in [-0.2, -0.15) is 0 Å². The van der Waals surface area contributed by atoms with Crippen molar-refractivity contribution < 1.29 is 9.53 Å². The molecule has 0 aliphatic heterocycles. The number of nitrogens with one attached hydrogen (secondary N) is 1. The van der Waals surface area contributed by atoms with Crippen LogP contribution >= 0.6 is 0 Å². The SMILES string of the molecule is C#CCOc1ccc(NCC(=O)N(C)Cc2ccc(C)cc2)cc1C. The second kappa shape index (κ2) is 8.79. The van der Waals surface area contributed by atoms with E-state index < -0.39 is 0 Å². The summed E-state index contributed by atoms with van der Waals surface area (Å²) in [7, 11) is 1.81. The van der Waals surface area contributed by atoms with Gasteiger partial charge in [0, 0.05) is 19.3 Å². The molecule has 2 aromatic carbocycles. The summed E-state index contributed by atoms with van der Waals surface area (Å²) in [5.74, 6) is 3.23. The van der Waals surface area contributed by atoms with E-state index in [4.69, 9.17) is 11.2 Å². The summed E-state index contributed by atoms with van der Waals surface area (Å²) in [5, 5.41) is 3.16. The third kappa shape index (κ3) is 5.58. The zero-order valence-electron chi connectivity index (χ0n) is 15.0. The van der Waals surface area contributed by atoms with E-state index in [0.29, 0.717) is 6.54 Å². The van der Waals surface area contributed by atoms with Gasteiger partial charge < -0.3 is 15.0 Å². The fourth-order valence-corrected chi connectivity index (χ4v) is 2.41. The van der Waals surface area contributed by atoms with Crippen molar-refractivity contribution in [3.05, 3.63) is 59.2 Å². The van der Waals surface area contributed by atoms with E-state index in [1.165, 1.54) is 5.56 Å². The number of carbonyl (C=O) groups excluding carboxylic acids is 1. The second-order valence-corrected chi connectivity index (χ2v) is 6.06. The van der Waals surface area contributed by atoms with E-state index in [-0.39, 0.29) is 19.1 Å². The number of hydrogen-bond acceptors (Lipinski definition) is 3. The summed E-state index contributed by atoms with van der Waals surface area (Å²) in [6.45, 7) is 5.08. The molecule has 0 aromatic heterocycles. The third-order valence-electron chi connectivity index (χ3n) is 3.90. The molecule has 0 saturated carbocycles. The summed E-state index contributed by atoms with van der Waals surface area (Å²) in [5.41, 5.74) is 4.18. The van der Waals surface area contributed by atoms with Gasteiger partial charge in [0.25, 0.3) is 0 Å². The number of ether oxygens (including phenoxy) is 1. The van der Waals surface area contributed by atoms with Gasteiger partial charge in [0.15, 0.2) is 0 Å². The van der Waals surface area contributed by atoms with Crippen LogP contribution in [-0.4, -0.2) is 31.0 Å². The van der Waals surface area contributed by atoms with E-state index in [9.17, 15) is 4.79 Å². The highest BCUT2D eigenvalue weighted by atomic mass is 16.5. The maximum absolute atomic E-state index is 12.3. The van der Waals surface area contributed by atoms with Crippen LogP contribution in [0.2, 0.25) is 0 Å². The van der Waals surface area contributed by atoms with Crippen LogP contribution in [0, 0.1) is 26.2 Å². The van der Waals surface area contributed by atoms with Crippen LogP contribution in [0.1, 0.15) is 16.7 Å². The Bertz CT molecular complexity index is 760. The minimum Gasteiger partial charge on any atom is -0.481 e. The monoisotopic (exact) mass is 336 g/mol. The first-order valence-corrected chi connectivity index (χ1v) is 8.20. The lowest BCUT2D eigenvalue weighted by atomic mass is 10.1. The molecule has 0 aliphatic rings. The molecule has 25 heavy (non-hydrogen) atoms. The van der Waals surface area contributed by atoms with Crippen molar-refractivity contribution >= 4 is 11.6 Å². The van der Waals surface area contributed by atoms with Crippen LogP contribution in [0.25, 0.3) is 0 Å². The number of rotatable bonds is 7. The predicted octanol–water partition coefficient (Wildman–Crippen LogP) is 3.39. The maximum Gasteiger partial charge on any atom is 0.241 e. The molecular formula is C21H24N2O2. The Balaban J connectivity index is 1.87. The molecule has 0 radical (unpaired) electrons. The van der Waals surface area contributed by atoms with Gasteiger partial charge >= 0.3 is 0 Å². The average molecular weight is 336 g/mol. The van der Waals surface area contributed by atoms with E-state index >= 15 is 0 Å². The summed E-state index contributed by atoms with van der Waals surface area (Å²) >= 11 is 0. The third-order valence-corrected chi connectivity index (χ3v) is 3.90. The Hall–Kier alpha value is -2.93. The van der Waals surface area contributed by atoms with Gasteiger partial charge in [-0.1, -0.05) is 35.7 Å². The van der Waals surface area contributed by atoms with Gasteiger partial charge in [0.05, 0.1) is 6.54 Å². The van der Waals surface area contributed by atoms with Crippen LogP contribution in [0.3, 0.4) is 0 Å². The first-order chi connectivity index (χ1) is 12.0.